The van der Waals surface area contributed by atoms with Gasteiger partial charge >= 0.3 is 0 Å². The van der Waals surface area contributed by atoms with Crippen LogP contribution >= 0.6 is 34.2 Å². The van der Waals surface area contributed by atoms with Gasteiger partial charge in [0, 0.05) is 29.2 Å². The van der Waals surface area contributed by atoms with Gasteiger partial charge in [0.15, 0.2) is 5.52 Å². The van der Waals surface area contributed by atoms with E-state index in [1.54, 1.807) is 22.9 Å². The Bertz CT molecular complexity index is 1750. The van der Waals surface area contributed by atoms with E-state index in [1.807, 2.05) is 28.8 Å². The van der Waals surface area contributed by atoms with E-state index in [0.29, 0.717) is 41.7 Å². The first kappa shape index (κ1) is 30.3. The molecule has 42 heavy (non-hydrogen) atoms. The monoisotopic (exact) mass is 699 g/mol. The van der Waals surface area contributed by atoms with Crippen molar-refractivity contribution in [2.45, 2.75) is 71.1 Å². The van der Waals surface area contributed by atoms with E-state index in [4.69, 9.17) is 22.3 Å². The minimum atomic E-state index is -0.287. The highest BCUT2D eigenvalue weighted by atomic mass is 127. The molecule has 1 unspecified atom stereocenters. The molecule has 4 aromatic rings. The summed E-state index contributed by atoms with van der Waals surface area (Å²) in [6, 6.07) is 15.2. The maximum Gasteiger partial charge on any atom is 0.293 e. The van der Waals surface area contributed by atoms with Gasteiger partial charge < -0.3 is 15.2 Å². The Kier molecular flexibility index (Phi) is 9.70. The average molecular weight is 700 g/mol. The number of anilines is 1. The van der Waals surface area contributed by atoms with Crippen molar-refractivity contribution >= 4 is 51.2 Å². The summed E-state index contributed by atoms with van der Waals surface area (Å²) in [7, 11) is 0. The molecule has 1 fully saturated rings. The number of benzene rings is 2. The SMILES string of the molecule is CCCCCCn1c(=O)c2nc(N3CCCC(N)C3)n(Cc3ccccc3I)c2c(=O)n1Cc1ccc(C#N)c(Cl)c1. The molecule has 11 heteroatoms. The van der Waals surface area contributed by atoms with Crippen molar-refractivity contribution in [2.75, 3.05) is 18.0 Å². The predicted molar refractivity (Wildman–Crippen MR) is 175 cm³/mol. The number of aromatic nitrogens is 4. The summed E-state index contributed by atoms with van der Waals surface area (Å²) in [4.78, 5) is 35.6. The zero-order valence-electron chi connectivity index (χ0n) is 23.7. The van der Waals surface area contributed by atoms with Gasteiger partial charge in [-0.25, -0.2) is 14.3 Å². The summed E-state index contributed by atoms with van der Waals surface area (Å²) in [6.45, 7) is 4.44. The van der Waals surface area contributed by atoms with E-state index in [2.05, 4.69) is 40.5 Å². The fourth-order valence-corrected chi connectivity index (χ4v) is 6.44. The molecule has 1 aliphatic heterocycles. The van der Waals surface area contributed by atoms with Gasteiger partial charge in [0.2, 0.25) is 5.95 Å². The highest BCUT2D eigenvalue weighted by Gasteiger charge is 2.27. The zero-order valence-corrected chi connectivity index (χ0v) is 26.6. The fraction of sp³-hybridized carbons (Fsp3) is 0.419. The van der Waals surface area contributed by atoms with Crippen molar-refractivity contribution < 1.29 is 0 Å². The summed E-state index contributed by atoms with van der Waals surface area (Å²) in [5.74, 6) is 0.603. The van der Waals surface area contributed by atoms with Gasteiger partial charge in [-0.15, -0.1) is 0 Å². The summed E-state index contributed by atoms with van der Waals surface area (Å²) in [6.07, 6.45) is 5.68. The number of piperidine rings is 1. The predicted octanol–water partition coefficient (Wildman–Crippen LogP) is 5.09. The molecule has 0 aliphatic carbocycles. The number of halogens is 2. The second-order valence-electron chi connectivity index (χ2n) is 10.9. The van der Waals surface area contributed by atoms with Crippen LogP contribution in [-0.4, -0.2) is 38.0 Å². The van der Waals surface area contributed by atoms with Gasteiger partial charge in [-0.05, 0) is 71.2 Å². The number of nitrogens with two attached hydrogens (primary N) is 1. The Labute approximate surface area is 263 Å². The second kappa shape index (κ2) is 13.4. The Morgan fingerprint density at radius 2 is 1.90 bits per heavy atom. The van der Waals surface area contributed by atoms with Crippen LogP contribution in [0.4, 0.5) is 5.95 Å². The molecule has 9 nitrogen and oxygen atoms in total. The van der Waals surface area contributed by atoms with Crippen molar-refractivity contribution in [3.8, 4) is 6.07 Å². The highest BCUT2D eigenvalue weighted by molar-refractivity contribution is 14.1. The summed E-state index contributed by atoms with van der Waals surface area (Å²) in [5, 5.41) is 9.64. The van der Waals surface area contributed by atoms with Crippen LogP contribution in [0.15, 0.2) is 52.1 Å². The maximum atomic E-state index is 14.5. The number of fused-ring (bicyclic) bond motifs is 1. The quantitative estimate of drug-likeness (QED) is 0.182. The third-order valence-electron chi connectivity index (χ3n) is 7.85. The Morgan fingerprint density at radius 1 is 1.10 bits per heavy atom. The fourth-order valence-electron chi connectivity index (χ4n) is 5.64. The molecule has 0 radical (unpaired) electrons. The van der Waals surface area contributed by atoms with Crippen LogP contribution in [0, 0.1) is 14.9 Å². The molecule has 5 rings (SSSR count). The summed E-state index contributed by atoms with van der Waals surface area (Å²) >= 11 is 8.64. The normalized spacial score (nSPS) is 15.3. The lowest BCUT2D eigenvalue weighted by atomic mass is 10.1. The van der Waals surface area contributed by atoms with Crippen LogP contribution in [0.1, 0.15) is 62.1 Å². The number of rotatable bonds is 10. The molecule has 220 valence electrons. The van der Waals surface area contributed by atoms with E-state index in [1.165, 1.54) is 4.68 Å². The van der Waals surface area contributed by atoms with Gasteiger partial charge in [0.25, 0.3) is 11.1 Å². The number of nitriles is 1. The third kappa shape index (κ3) is 6.28. The smallest absolute Gasteiger partial charge is 0.293 e. The topological polar surface area (TPSA) is 115 Å². The van der Waals surface area contributed by atoms with Gasteiger partial charge in [0.05, 0.1) is 23.7 Å². The third-order valence-corrected chi connectivity index (χ3v) is 9.21. The number of hydrogen-bond donors (Lipinski definition) is 1. The minimum Gasteiger partial charge on any atom is -0.341 e. The van der Waals surface area contributed by atoms with Crippen molar-refractivity contribution in [1.82, 2.24) is 18.9 Å². The van der Waals surface area contributed by atoms with Gasteiger partial charge in [0.1, 0.15) is 11.6 Å². The minimum absolute atomic E-state index is 0.00288. The van der Waals surface area contributed by atoms with Crippen LogP contribution in [0.3, 0.4) is 0 Å². The van der Waals surface area contributed by atoms with Crippen molar-refractivity contribution in [1.29, 1.82) is 5.26 Å². The lowest BCUT2D eigenvalue weighted by Gasteiger charge is -2.32. The van der Waals surface area contributed by atoms with Gasteiger partial charge in [-0.2, -0.15) is 5.26 Å². The molecule has 1 aliphatic rings. The molecule has 1 saturated heterocycles. The van der Waals surface area contributed by atoms with Gasteiger partial charge in [-0.1, -0.05) is 62.1 Å². The molecular formula is C31H35ClIN7O2. The van der Waals surface area contributed by atoms with E-state index in [0.717, 1.165) is 59.8 Å². The molecule has 2 N–H and O–H groups in total. The molecule has 2 aromatic carbocycles. The lowest BCUT2D eigenvalue weighted by Crippen LogP contribution is -2.44. The molecule has 3 heterocycles. The first-order valence-corrected chi connectivity index (χ1v) is 15.9. The zero-order chi connectivity index (χ0) is 29.8. The first-order chi connectivity index (χ1) is 20.3. The Balaban J connectivity index is 1.72. The van der Waals surface area contributed by atoms with E-state index in [-0.39, 0.29) is 29.2 Å². The first-order valence-electron chi connectivity index (χ1n) is 14.5. The molecule has 0 saturated carbocycles. The standard InChI is InChI=1S/C31H35ClIN7O2/c1-2-3-4-7-15-39-29(41)27-28(30(42)40(39)18-21-12-13-22(17-34)25(32)16-21)38(19-23-9-5-6-11-26(23)33)31(36-27)37-14-8-10-24(35)20-37/h5-6,9,11-13,16,24H,2-4,7-8,10,14-15,18-20,35H2,1H3. The molecule has 0 bridgehead atoms. The van der Waals surface area contributed by atoms with Crippen LogP contribution in [0.5, 0.6) is 0 Å². The Hall–Kier alpha value is -3.14. The largest absolute Gasteiger partial charge is 0.341 e. The Morgan fingerprint density at radius 3 is 2.62 bits per heavy atom. The highest BCUT2D eigenvalue weighted by Crippen LogP contribution is 2.25. The van der Waals surface area contributed by atoms with Crippen LogP contribution in [-0.2, 0) is 19.6 Å². The molecular weight excluding hydrogens is 665 g/mol. The number of unbranched alkanes of at least 4 members (excludes halogenated alkanes) is 3. The average Bonchev–Trinajstić information content (AvgIpc) is 3.36. The van der Waals surface area contributed by atoms with Gasteiger partial charge in [-0.3, -0.25) is 9.59 Å². The van der Waals surface area contributed by atoms with Crippen molar-refractivity contribution in [3.05, 3.63) is 88.5 Å². The van der Waals surface area contributed by atoms with E-state index >= 15 is 0 Å². The van der Waals surface area contributed by atoms with Crippen molar-refractivity contribution in [2.24, 2.45) is 5.73 Å². The van der Waals surface area contributed by atoms with Crippen LogP contribution in [0.25, 0.3) is 11.0 Å². The lowest BCUT2D eigenvalue weighted by molar-refractivity contribution is 0.420. The molecule has 0 spiro atoms. The van der Waals surface area contributed by atoms with E-state index < -0.39 is 0 Å². The van der Waals surface area contributed by atoms with E-state index in [9.17, 15) is 14.9 Å². The number of hydrogen-bond acceptors (Lipinski definition) is 6. The number of imidazole rings is 1. The number of nitrogens with zero attached hydrogens (tertiary/aromatic N) is 6. The summed E-state index contributed by atoms with van der Waals surface area (Å²) < 4.78 is 6.03. The van der Waals surface area contributed by atoms with Crippen molar-refractivity contribution in [3.63, 3.8) is 0 Å². The molecule has 0 amide bonds. The van der Waals surface area contributed by atoms with Crippen LogP contribution in [0.2, 0.25) is 5.02 Å². The maximum absolute atomic E-state index is 14.5. The molecule has 1 atom stereocenters. The second-order valence-corrected chi connectivity index (χ2v) is 12.5. The van der Waals surface area contributed by atoms with Crippen LogP contribution < -0.4 is 21.8 Å². The summed E-state index contributed by atoms with van der Waals surface area (Å²) in [5.41, 5.74) is 8.38. The molecule has 2 aromatic heterocycles.